The summed E-state index contributed by atoms with van der Waals surface area (Å²) in [7, 11) is 0. The number of halogens is 2. The third-order valence-corrected chi connectivity index (χ3v) is 1.86. The Morgan fingerprint density at radius 1 is 1.29 bits per heavy atom. The summed E-state index contributed by atoms with van der Waals surface area (Å²) in [5, 5.41) is 0. The molecule has 78 valence electrons. The van der Waals surface area contributed by atoms with Gasteiger partial charge in [0, 0.05) is 24.7 Å². The van der Waals surface area contributed by atoms with E-state index in [9.17, 15) is 8.78 Å². The molecule has 0 saturated carbocycles. The van der Waals surface area contributed by atoms with Gasteiger partial charge in [-0.2, -0.15) is 0 Å². The average Bonchev–Trinajstić information content (AvgIpc) is 2.12. The molecule has 14 heavy (non-hydrogen) atoms. The van der Waals surface area contributed by atoms with Gasteiger partial charge in [-0.15, -0.1) is 0 Å². The van der Waals surface area contributed by atoms with Crippen LogP contribution >= 0.6 is 0 Å². The molecule has 1 unspecified atom stereocenters. The van der Waals surface area contributed by atoms with Crippen molar-refractivity contribution in [2.45, 2.75) is 19.4 Å². The second-order valence-corrected chi connectivity index (χ2v) is 2.99. The van der Waals surface area contributed by atoms with Crippen molar-refractivity contribution in [3.05, 3.63) is 29.8 Å². The van der Waals surface area contributed by atoms with Crippen molar-refractivity contribution >= 4 is 0 Å². The molecule has 1 rings (SSSR count). The van der Waals surface area contributed by atoms with Gasteiger partial charge in [-0.3, -0.25) is 0 Å². The molecule has 0 heterocycles. The first-order valence-electron chi connectivity index (χ1n) is 4.48. The first kappa shape index (κ1) is 10.9. The van der Waals surface area contributed by atoms with Crippen LogP contribution in [-0.4, -0.2) is 12.6 Å². The largest absolute Gasteiger partial charge is 0.489 e. The number of benzene rings is 1. The van der Waals surface area contributed by atoms with Crippen LogP contribution in [0.25, 0.3) is 0 Å². The third kappa shape index (κ3) is 2.96. The van der Waals surface area contributed by atoms with Crippen molar-refractivity contribution in [2.24, 2.45) is 5.73 Å². The van der Waals surface area contributed by atoms with Gasteiger partial charge in [0.15, 0.2) is 0 Å². The lowest BCUT2D eigenvalue weighted by Crippen LogP contribution is -2.25. The zero-order chi connectivity index (χ0) is 10.6. The maximum atomic E-state index is 12.7. The standard InChI is InChI=1S/C10H13F2NO/c1-2-9(6-13)14-10-4-7(11)3-8(12)5-10/h3-5,9H,2,6,13H2,1H3. The predicted octanol–water partition coefficient (Wildman–Crippen LogP) is 2.08. The van der Waals surface area contributed by atoms with Crippen molar-refractivity contribution in [1.82, 2.24) is 0 Å². The summed E-state index contributed by atoms with van der Waals surface area (Å²) in [4.78, 5) is 0. The van der Waals surface area contributed by atoms with E-state index >= 15 is 0 Å². The fraction of sp³-hybridized carbons (Fsp3) is 0.400. The molecule has 1 aromatic carbocycles. The van der Waals surface area contributed by atoms with E-state index in [2.05, 4.69) is 0 Å². The highest BCUT2D eigenvalue weighted by Gasteiger charge is 2.07. The van der Waals surface area contributed by atoms with E-state index in [1.165, 1.54) is 0 Å². The molecule has 0 fully saturated rings. The molecule has 0 aliphatic carbocycles. The second-order valence-electron chi connectivity index (χ2n) is 2.99. The summed E-state index contributed by atoms with van der Waals surface area (Å²) in [6.45, 7) is 2.22. The highest BCUT2D eigenvalue weighted by Crippen LogP contribution is 2.17. The van der Waals surface area contributed by atoms with Crippen LogP contribution in [0, 0.1) is 11.6 Å². The van der Waals surface area contributed by atoms with Crippen LogP contribution in [0.15, 0.2) is 18.2 Å². The molecule has 0 amide bonds. The topological polar surface area (TPSA) is 35.2 Å². The number of rotatable bonds is 4. The van der Waals surface area contributed by atoms with Crippen LogP contribution in [0.2, 0.25) is 0 Å². The van der Waals surface area contributed by atoms with Crippen molar-refractivity contribution in [3.8, 4) is 5.75 Å². The van der Waals surface area contributed by atoms with E-state index in [0.29, 0.717) is 13.0 Å². The second kappa shape index (κ2) is 4.91. The van der Waals surface area contributed by atoms with Gasteiger partial charge in [0.1, 0.15) is 23.5 Å². The van der Waals surface area contributed by atoms with Gasteiger partial charge in [-0.1, -0.05) is 6.92 Å². The molecule has 0 spiro atoms. The number of nitrogens with two attached hydrogens (primary N) is 1. The lowest BCUT2D eigenvalue weighted by molar-refractivity contribution is 0.203. The van der Waals surface area contributed by atoms with Gasteiger partial charge < -0.3 is 10.5 Å². The number of ether oxygens (including phenoxy) is 1. The Hall–Kier alpha value is -1.16. The zero-order valence-corrected chi connectivity index (χ0v) is 7.97. The van der Waals surface area contributed by atoms with Gasteiger partial charge >= 0.3 is 0 Å². The zero-order valence-electron chi connectivity index (χ0n) is 7.97. The molecule has 4 heteroatoms. The van der Waals surface area contributed by atoms with Crippen LogP contribution in [0.1, 0.15) is 13.3 Å². The summed E-state index contributed by atoms with van der Waals surface area (Å²) < 4.78 is 30.7. The Balaban J connectivity index is 2.75. The van der Waals surface area contributed by atoms with E-state index in [1.54, 1.807) is 0 Å². The van der Waals surface area contributed by atoms with E-state index in [-0.39, 0.29) is 11.9 Å². The van der Waals surface area contributed by atoms with Crippen LogP contribution in [0.3, 0.4) is 0 Å². The predicted molar refractivity (Wildman–Crippen MR) is 50.1 cm³/mol. The lowest BCUT2D eigenvalue weighted by atomic mass is 10.2. The van der Waals surface area contributed by atoms with Crippen LogP contribution in [0.4, 0.5) is 8.78 Å². The van der Waals surface area contributed by atoms with Gasteiger partial charge in [-0.25, -0.2) is 8.78 Å². The molecule has 0 bridgehead atoms. The van der Waals surface area contributed by atoms with Crippen LogP contribution < -0.4 is 10.5 Å². The summed E-state index contributed by atoms with van der Waals surface area (Å²) in [5.74, 6) is -1.11. The van der Waals surface area contributed by atoms with Gasteiger partial charge in [-0.05, 0) is 6.42 Å². The van der Waals surface area contributed by atoms with Crippen LogP contribution in [-0.2, 0) is 0 Å². The fourth-order valence-corrected chi connectivity index (χ4v) is 1.09. The molecule has 1 aromatic rings. The third-order valence-electron chi connectivity index (χ3n) is 1.86. The van der Waals surface area contributed by atoms with Crippen molar-refractivity contribution < 1.29 is 13.5 Å². The minimum absolute atomic E-state index is 0.180. The van der Waals surface area contributed by atoms with E-state index in [1.807, 2.05) is 6.92 Å². The maximum absolute atomic E-state index is 12.7. The Morgan fingerprint density at radius 2 is 1.86 bits per heavy atom. The lowest BCUT2D eigenvalue weighted by Gasteiger charge is -2.15. The van der Waals surface area contributed by atoms with Crippen molar-refractivity contribution in [1.29, 1.82) is 0 Å². The smallest absolute Gasteiger partial charge is 0.129 e. The quantitative estimate of drug-likeness (QED) is 0.809. The highest BCUT2D eigenvalue weighted by molar-refractivity contribution is 5.24. The summed E-state index contributed by atoms with van der Waals surface area (Å²) in [6.07, 6.45) is 0.505. The molecule has 1 atom stereocenters. The minimum Gasteiger partial charge on any atom is -0.489 e. The highest BCUT2D eigenvalue weighted by atomic mass is 19.1. The molecule has 0 saturated heterocycles. The molecule has 2 nitrogen and oxygen atoms in total. The fourth-order valence-electron chi connectivity index (χ4n) is 1.09. The van der Waals surface area contributed by atoms with Gasteiger partial charge in [0.25, 0.3) is 0 Å². The summed E-state index contributed by atoms with van der Waals surface area (Å²) >= 11 is 0. The summed E-state index contributed by atoms with van der Waals surface area (Å²) in [6, 6.07) is 3.08. The SMILES string of the molecule is CCC(CN)Oc1cc(F)cc(F)c1. The summed E-state index contributed by atoms with van der Waals surface area (Å²) in [5.41, 5.74) is 5.39. The Bertz CT molecular complexity index is 280. The van der Waals surface area contributed by atoms with Gasteiger partial charge in [0.2, 0.25) is 0 Å². The Kier molecular flexibility index (Phi) is 3.83. The maximum Gasteiger partial charge on any atom is 0.129 e. The molecular weight excluding hydrogens is 188 g/mol. The van der Waals surface area contributed by atoms with E-state index in [4.69, 9.17) is 10.5 Å². The normalized spacial score (nSPS) is 12.6. The number of hydrogen-bond donors (Lipinski definition) is 1. The van der Waals surface area contributed by atoms with Gasteiger partial charge in [0.05, 0.1) is 0 Å². The molecule has 0 aliphatic heterocycles. The Labute approximate surface area is 81.7 Å². The molecule has 2 N–H and O–H groups in total. The first-order valence-corrected chi connectivity index (χ1v) is 4.48. The number of hydrogen-bond acceptors (Lipinski definition) is 2. The average molecular weight is 201 g/mol. The van der Waals surface area contributed by atoms with Crippen LogP contribution in [0.5, 0.6) is 5.75 Å². The van der Waals surface area contributed by atoms with Crippen molar-refractivity contribution in [3.63, 3.8) is 0 Å². The van der Waals surface area contributed by atoms with Crippen molar-refractivity contribution in [2.75, 3.05) is 6.54 Å². The van der Waals surface area contributed by atoms with E-state index < -0.39 is 11.6 Å². The molecule has 0 aromatic heterocycles. The van der Waals surface area contributed by atoms with E-state index in [0.717, 1.165) is 18.2 Å². The monoisotopic (exact) mass is 201 g/mol. The molecule has 0 radical (unpaired) electrons. The Morgan fingerprint density at radius 3 is 2.29 bits per heavy atom. The molecular formula is C10H13F2NO. The molecule has 0 aliphatic rings. The first-order chi connectivity index (χ1) is 6.65. The minimum atomic E-state index is -0.646.